The molecule has 1 N–H and O–H groups in total. The van der Waals surface area contributed by atoms with Crippen LogP contribution in [0.1, 0.15) is 0 Å². The number of carbonyl (C=O) groups is 2. The molecule has 0 spiro atoms. The molecule has 0 saturated carbocycles. The van der Waals surface area contributed by atoms with Gasteiger partial charge in [-0.15, -0.1) is 0 Å². The van der Waals surface area contributed by atoms with Crippen LogP contribution in [0.5, 0.6) is 0 Å². The standard InChI is InChI=1S/C10H11NO3/c1-11(2)10(14)7-3-8(5-12)9(4-7)6-13/h3-6,12H,1-2H3/b8-5-. The largest absolute Gasteiger partial charge is 0.515 e. The normalized spacial score (nSPS) is 17.7. The minimum atomic E-state index is -0.193. The quantitative estimate of drug-likeness (QED) is 0.515. The summed E-state index contributed by atoms with van der Waals surface area (Å²) >= 11 is 0. The summed E-state index contributed by atoms with van der Waals surface area (Å²) in [6.07, 6.45) is 4.36. The summed E-state index contributed by atoms with van der Waals surface area (Å²) in [6, 6.07) is 0. The van der Waals surface area contributed by atoms with Gasteiger partial charge in [0.2, 0.25) is 0 Å². The lowest BCUT2D eigenvalue weighted by Gasteiger charge is -2.08. The van der Waals surface area contributed by atoms with Crippen LogP contribution >= 0.6 is 0 Å². The molecule has 1 rings (SSSR count). The van der Waals surface area contributed by atoms with Gasteiger partial charge in [0, 0.05) is 30.8 Å². The average Bonchev–Trinajstić information content (AvgIpc) is 2.59. The smallest absolute Gasteiger partial charge is 0.253 e. The van der Waals surface area contributed by atoms with E-state index in [4.69, 9.17) is 5.11 Å². The molecule has 0 aliphatic heterocycles. The Morgan fingerprint density at radius 1 is 1.43 bits per heavy atom. The molecule has 4 heteroatoms. The van der Waals surface area contributed by atoms with Crippen LogP contribution < -0.4 is 0 Å². The highest BCUT2D eigenvalue weighted by Crippen LogP contribution is 2.22. The number of aliphatic hydroxyl groups is 1. The number of nitrogens with zero attached hydrogens (tertiary/aromatic N) is 1. The molecule has 0 aromatic heterocycles. The lowest BCUT2D eigenvalue weighted by Crippen LogP contribution is -2.22. The van der Waals surface area contributed by atoms with E-state index in [0.29, 0.717) is 23.0 Å². The van der Waals surface area contributed by atoms with E-state index in [9.17, 15) is 9.59 Å². The zero-order valence-electron chi connectivity index (χ0n) is 8.02. The fourth-order valence-corrected chi connectivity index (χ4v) is 1.14. The third-order valence-electron chi connectivity index (χ3n) is 1.87. The molecule has 4 nitrogen and oxygen atoms in total. The maximum Gasteiger partial charge on any atom is 0.253 e. The SMILES string of the molecule is CN(C)C(=O)C1=C/C(=C/O)C(C=O)=C1. The first-order valence-electron chi connectivity index (χ1n) is 4.05. The Morgan fingerprint density at radius 2 is 2.07 bits per heavy atom. The van der Waals surface area contributed by atoms with Crippen molar-refractivity contribution in [3.05, 3.63) is 35.1 Å². The van der Waals surface area contributed by atoms with Crippen LogP contribution in [-0.2, 0) is 9.59 Å². The van der Waals surface area contributed by atoms with E-state index < -0.39 is 0 Å². The van der Waals surface area contributed by atoms with Gasteiger partial charge in [-0.25, -0.2) is 0 Å². The second-order valence-electron chi connectivity index (χ2n) is 3.10. The van der Waals surface area contributed by atoms with Gasteiger partial charge in [-0.1, -0.05) is 0 Å². The minimum Gasteiger partial charge on any atom is -0.515 e. The molecule has 0 bridgehead atoms. The Bertz CT molecular complexity index is 362. The van der Waals surface area contributed by atoms with E-state index in [1.54, 1.807) is 14.1 Å². The molecular weight excluding hydrogens is 182 g/mol. The highest BCUT2D eigenvalue weighted by Gasteiger charge is 2.18. The Morgan fingerprint density at radius 3 is 2.43 bits per heavy atom. The first-order chi connectivity index (χ1) is 6.60. The second kappa shape index (κ2) is 3.91. The fraction of sp³-hybridized carbons (Fsp3) is 0.200. The van der Waals surface area contributed by atoms with Crippen molar-refractivity contribution in [2.45, 2.75) is 0 Å². The summed E-state index contributed by atoms with van der Waals surface area (Å²) in [5.41, 5.74) is 1.08. The van der Waals surface area contributed by atoms with Crippen LogP contribution in [0.4, 0.5) is 0 Å². The van der Waals surface area contributed by atoms with Crippen molar-refractivity contribution in [1.29, 1.82) is 0 Å². The van der Waals surface area contributed by atoms with Crippen molar-refractivity contribution >= 4 is 12.2 Å². The number of aldehydes is 1. The minimum absolute atomic E-state index is 0.193. The summed E-state index contributed by atoms with van der Waals surface area (Å²) in [5, 5.41) is 8.77. The highest BCUT2D eigenvalue weighted by molar-refractivity contribution is 6.01. The van der Waals surface area contributed by atoms with Crippen LogP contribution in [0.2, 0.25) is 0 Å². The monoisotopic (exact) mass is 193 g/mol. The molecule has 0 aromatic carbocycles. The maximum atomic E-state index is 11.5. The van der Waals surface area contributed by atoms with Gasteiger partial charge in [-0.3, -0.25) is 9.59 Å². The molecule has 0 fully saturated rings. The molecule has 0 heterocycles. The molecule has 0 aromatic rings. The van der Waals surface area contributed by atoms with Crippen molar-refractivity contribution in [1.82, 2.24) is 4.90 Å². The number of aliphatic hydroxyl groups excluding tert-OH is 1. The van der Waals surface area contributed by atoms with Crippen molar-refractivity contribution < 1.29 is 14.7 Å². The molecule has 1 amide bonds. The van der Waals surface area contributed by atoms with Crippen LogP contribution in [-0.4, -0.2) is 36.3 Å². The predicted molar refractivity (Wildman–Crippen MR) is 51.6 cm³/mol. The van der Waals surface area contributed by atoms with Crippen LogP contribution in [0.25, 0.3) is 0 Å². The van der Waals surface area contributed by atoms with Gasteiger partial charge in [0.1, 0.15) is 0 Å². The molecule has 0 atom stereocenters. The van der Waals surface area contributed by atoms with Gasteiger partial charge in [0.25, 0.3) is 5.91 Å². The molecule has 0 radical (unpaired) electrons. The van der Waals surface area contributed by atoms with Gasteiger partial charge >= 0.3 is 0 Å². The number of amides is 1. The first kappa shape index (κ1) is 10.2. The number of carbonyl (C=O) groups excluding carboxylic acids is 2. The summed E-state index contributed by atoms with van der Waals surface area (Å²) in [7, 11) is 3.25. The summed E-state index contributed by atoms with van der Waals surface area (Å²) in [5.74, 6) is -0.193. The van der Waals surface area contributed by atoms with Crippen molar-refractivity contribution in [2.24, 2.45) is 0 Å². The van der Waals surface area contributed by atoms with Gasteiger partial charge < -0.3 is 10.0 Å². The topological polar surface area (TPSA) is 57.6 Å². The summed E-state index contributed by atoms with van der Waals surface area (Å²) in [6.45, 7) is 0. The van der Waals surface area contributed by atoms with E-state index in [1.807, 2.05) is 0 Å². The lowest BCUT2D eigenvalue weighted by atomic mass is 10.2. The second-order valence-corrected chi connectivity index (χ2v) is 3.10. The number of hydrogen-bond acceptors (Lipinski definition) is 3. The van der Waals surface area contributed by atoms with Crippen molar-refractivity contribution in [2.75, 3.05) is 14.1 Å². The maximum absolute atomic E-state index is 11.5. The van der Waals surface area contributed by atoms with E-state index in [2.05, 4.69) is 0 Å². The van der Waals surface area contributed by atoms with Gasteiger partial charge in [-0.05, 0) is 12.2 Å². The van der Waals surface area contributed by atoms with E-state index >= 15 is 0 Å². The van der Waals surface area contributed by atoms with Gasteiger partial charge in [-0.2, -0.15) is 0 Å². The molecule has 0 unspecified atom stereocenters. The molecule has 1 aliphatic carbocycles. The van der Waals surface area contributed by atoms with Gasteiger partial charge in [0.15, 0.2) is 6.29 Å². The average molecular weight is 193 g/mol. The molecule has 1 aliphatic rings. The Balaban J connectivity index is 3.01. The Kier molecular flexibility index (Phi) is 2.86. The molecule has 14 heavy (non-hydrogen) atoms. The van der Waals surface area contributed by atoms with Gasteiger partial charge in [0.05, 0.1) is 6.26 Å². The fourth-order valence-electron chi connectivity index (χ4n) is 1.14. The van der Waals surface area contributed by atoms with Crippen LogP contribution in [0.15, 0.2) is 35.1 Å². The number of likely N-dealkylation sites (N-methyl/N-ethyl adjacent to an activating group) is 1. The summed E-state index contributed by atoms with van der Waals surface area (Å²) < 4.78 is 0. The van der Waals surface area contributed by atoms with Crippen LogP contribution in [0, 0.1) is 0 Å². The van der Waals surface area contributed by atoms with Crippen molar-refractivity contribution in [3.63, 3.8) is 0 Å². The number of hydrogen-bond donors (Lipinski definition) is 1. The Hall–Kier alpha value is -1.84. The third kappa shape index (κ3) is 1.74. The Labute approximate surface area is 81.8 Å². The predicted octanol–water partition coefficient (Wildman–Crippen LogP) is 0.582. The van der Waals surface area contributed by atoms with Crippen molar-refractivity contribution in [3.8, 4) is 0 Å². The summed E-state index contributed by atoms with van der Waals surface area (Å²) in [4.78, 5) is 23.4. The third-order valence-corrected chi connectivity index (χ3v) is 1.87. The van der Waals surface area contributed by atoms with E-state index in [-0.39, 0.29) is 5.91 Å². The lowest BCUT2D eigenvalue weighted by molar-refractivity contribution is -0.124. The molecule has 0 saturated heterocycles. The molecule has 74 valence electrons. The molecular formula is C10H11NO3. The van der Waals surface area contributed by atoms with E-state index in [0.717, 1.165) is 6.26 Å². The zero-order valence-corrected chi connectivity index (χ0v) is 8.02. The number of allylic oxidation sites excluding steroid dienone is 3. The van der Waals surface area contributed by atoms with E-state index in [1.165, 1.54) is 17.1 Å². The zero-order chi connectivity index (χ0) is 10.7. The highest BCUT2D eigenvalue weighted by atomic mass is 16.2. The first-order valence-corrected chi connectivity index (χ1v) is 4.05. The number of rotatable bonds is 2. The van der Waals surface area contributed by atoms with Crippen LogP contribution in [0.3, 0.4) is 0 Å².